The van der Waals surface area contributed by atoms with Crippen LogP contribution in [-0.2, 0) is 19.3 Å². The number of aliphatic hydroxyl groups is 1. The van der Waals surface area contributed by atoms with Gasteiger partial charge in [-0.1, -0.05) is 34.1 Å². The summed E-state index contributed by atoms with van der Waals surface area (Å²) in [5, 5.41) is 11.0. The average Bonchev–Trinajstić information content (AvgIpc) is 2.47. The van der Waals surface area contributed by atoms with Crippen molar-refractivity contribution in [2.75, 3.05) is 7.11 Å². The Kier molecular flexibility index (Phi) is 4.05. The molecule has 0 aromatic heterocycles. The number of methoxy groups -OCH3 is 1. The number of halogens is 1. The molecule has 0 radical (unpaired) electrons. The topological polar surface area (TPSA) is 29.5 Å². The molecule has 1 atom stereocenters. The maximum absolute atomic E-state index is 11.0. The van der Waals surface area contributed by atoms with Crippen molar-refractivity contribution >= 4 is 15.9 Å². The Morgan fingerprint density at radius 1 is 1.19 bits per heavy atom. The SMILES string of the molecule is COc1cccc(CC2(O)CCc3cc(Br)ccc3C2)c1. The quantitative estimate of drug-likeness (QED) is 0.912. The fraction of sp³-hybridized carbons (Fsp3) is 0.333. The lowest BCUT2D eigenvalue weighted by atomic mass is 9.77. The van der Waals surface area contributed by atoms with Gasteiger partial charge in [-0.25, -0.2) is 0 Å². The average molecular weight is 347 g/mol. The van der Waals surface area contributed by atoms with Crippen LogP contribution in [0.2, 0.25) is 0 Å². The van der Waals surface area contributed by atoms with Crippen LogP contribution in [0.15, 0.2) is 46.9 Å². The summed E-state index contributed by atoms with van der Waals surface area (Å²) in [5.74, 6) is 0.844. The van der Waals surface area contributed by atoms with Crippen molar-refractivity contribution in [3.63, 3.8) is 0 Å². The van der Waals surface area contributed by atoms with E-state index in [9.17, 15) is 5.11 Å². The van der Waals surface area contributed by atoms with Gasteiger partial charge < -0.3 is 9.84 Å². The molecule has 0 bridgehead atoms. The van der Waals surface area contributed by atoms with Crippen LogP contribution in [0.5, 0.6) is 5.75 Å². The summed E-state index contributed by atoms with van der Waals surface area (Å²) in [5.41, 5.74) is 3.07. The molecule has 0 spiro atoms. The van der Waals surface area contributed by atoms with Crippen molar-refractivity contribution in [3.05, 3.63) is 63.6 Å². The molecule has 1 aliphatic rings. The van der Waals surface area contributed by atoms with E-state index in [4.69, 9.17) is 4.74 Å². The molecule has 21 heavy (non-hydrogen) atoms. The van der Waals surface area contributed by atoms with Crippen LogP contribution in [0.25, 0.3) is 0 Å². The number of aryl methyl sites for hydroxylation is 1. The van der Waals surface area contributed by atoms with Crippen molar-refractivity contribution in [2.45, 2.75) is 31.3 Å². The lowest BCUT2D eigenvalue weighted by Crippen LogP contribution is -2.38. The van der Waals surface area contributed by atoms with Crippen molar-refractivity contribution in [1.82, 2.24) is 0 Å². The fourth-order valence-electron chi connectivity index (χ4n) is 3.12. The van der Waals surface area contributed by atoms with Gasteiger partial charge in [0.2, 0.25) is 0 Å². The van der Waals surface area contributed by atoms with Gasteiger partial charge >= 0.3 is 0 Å². The molecular formula is C18H19BrO2. The third-order valence-corrected chi connectivity index (χ3v) is 4.71. The highest BCUT2D eigenvalue weighted by molar-refractivity contribution is 9.10. The Morgan fingerprint density at radius 2 is 2.05 bits per heavy atom. The number of ether oxygens (including phenoxy) is 1. The Bertz CT molecular complexity index is 653. The summed E-state index contributed by atoms with van der Waals surface area (Å²) >= 11 is 3.51. The number of hydrogen-bond donors (Lipinski definition) is 1. The summed E-state index contributed by atoms with van der Waals surface area (Å²) in [6, 6.07) is 14.3. The summed E-state index contributed by atoms with van der Waals surface area (Å²) in [6.07, 6.45) is 3.11. The smallest absolute Gasteiger partial charge is 0.119 e. The minimum absolute atomic E-state index is 0.660. The van der Waals surface area contributed by atoms with Crippen LogP contribution in [0.1, 0.15) is 23.1 Å². The predicted octanol–water partition coefficient (Wildman–Crippen LogP) is 3.92. The van der Waals surface area contributed by atoms with E-state index in [1.54, 1.807) is 7.11 Å². The maximum Gasteiger partial charge on any atom is 0.119 e. The minimum atomic E-state index is -0.660. The second-order valence-corrected chi connectivity index (χ2v) is 6.76. The third-order valence-electron chi connectivity index (χ3n) is 4.21. The largest absolute Gasteiger partial charge is 0.497 e. The lowest BCUT2D eigenvalue weighted by molar-refractivity contribution is 0.0267. The molecule has 3 heteroatoms. The number of hydrogen-bond acceptors (Lipinski definition) is 2. The Hall–Kier alpha value is -1.32. The van der Waals surface area contributed by atoms with Crippen LogP contribution >= 0.6 is 15.9 Å². The van der Waals surface area contributed by atoms with Crippen LogP contribution < -0.4 is 4.74 Å². The van der Waals surface area contributed by atoms with E-state index >= 15 is 0 Å². The zero-order valence-corrected chi connectivity index (χ0v) is 13.7. The van der Waals surface area contributed by atoms with E-state index in [0.717, 1.165) is 28.6 Å². The Labute approximate surface area is 133 Å². The van der Waals surface area contributed by atoms with Gasteiger partial charge in [0.25, 0.3) is 0 Å². The molecule has 0 fully saturated rings. The first-order chi connectivity index (χ1) is 10.1. The molecule has 1 unspecified atom stereocenters. The second-order valence-electron chi connectivity index (χ2n) is 5.84. The molecule has 1 aliphatic carbocycles. The van der Waals surface area contributed by atoms with Crippen LogP contribution in [0, 0.1) is 0 Å². The van der Waals surface area contributed by atoms with E-state index in [0.29, 0.717) is 12.8 Å². The molecule has 0 saturated carbocycles. The Morgan fingerprint density at radius 3 is 2.86 bits per heavy atom. The van der Waals surface area contributed by atoms with E-state index in [-0.39, 0.29) is 0 Å². The molecule has 2 nitrogen and oxygen atoms in total. The first kappa shape index (κ1) is 14.6. The second kappa shape index (κ2) is 5.82. The van der Waals surface area contributed by atoms with E-state index in [2.05, 4.69) is 40.2 Å². The molecule has 1 N–H and O–H groups in total. The fourth-order valence-corrected chi connectivity index (χ4v) is 3.53. The van der Waals surface area contributed by atoms with Crippen LogP contribution in [0.3, 0.4) is 0 Å². The van der Waals surface area contributed by atoms with Crippen LogP contribution in [0.4, 0.5) is 0 Å². The van der Waals surface area contributed by atoms with Gasteiger partial charge in [0.1, 0.15) is 5.75 Å². The van der Waals surface area contributed by atoms with Crippen molar-refractivity contribution in [1.29, 1.82) is 0 Å². The molecule has 2 aromatic carbocycles. The Balaban J connectivity index is 1.80. The van der Waals surface area contributed by atoms with Gasteiger partial charge in [-0.15, -0.1) is 0 Å². The van der Waals surface area contributed by atoms with E-state index < -0.39 is 5.60 Å². The molecule has 3 rings (SSSR count). The number of benzene rings is 2. The third kappa shape index (κ3) is 3.30. The first-order valence-corrected chi connectivity index (χ1v) is 8.00. The van der Waals surface area contributed by atoms with Crippen molar-refractivity contribution < 1.29 is 9.84 Å². The number of fused-ring (bicyclic) bond motifs is 1. The highest BCUT2D eigenvalue weighted by atomic mass is 79.9. The van der Waals surface area contributed by atoms with E-state index in [1.165, 1.54) is 11.1 Å². The predicted molar refractivity (Wildman–Crippen MR) is 87.8 cm³/mol. The minimum Gasteiger partial charge on any atom is -0.497 e. The summed E-state index contributed by atoms with van der Waals surface area (Å²) in [7, 11) is 1.67. The highest BCUT2D eigenvalue weighted by Gasteiger charge is 2.32. The zero-order chi connectivity index (χ0) is 14.9. The summed E-state index contributed by atoms with van der Waals surface area (Å²) in [4.78, 5) is 0. The standard InChI is InChI=1S/C18H19BrO2/c1-21-17-4-2-3-13(9-17)11-18(20)8-7-14-10-16(19)6-5-15(14)12-18/h2-6,9-10,20H,7-8,11-12H2,1H3. The first-order valence-electron chi connectivity index (χ1n) is 7.21. The van der Waals surface area contributed by atoms with Crippen molar-refractivity contribution in [2.24, 2.45) is 0 Å². The summed E-state index contributed by atoms with van der Waals surface area (Å²) in [6.45, 7) is 0. The monoisotopic (exact) mass is 346 g/mol. The normalized spacial score (nSPS) is 20.9. The molecule has 0 aliphatic heterocycles. The molecule has 110 valence electrons. The maximum atomic E-state index is 11.0. The lowest BCUT2D eigenvalue weighted by Gasteiger charge is -2.34. The summed E-state index contributed by atoms with van der Waals surface area (Å²) < 4.78 is 6.37. The zero-order valence-electron chi connectivity index (χ0n) is 12.1. The molecule has 0 heterocycles. The van der Waals surface area contributed by atoms with Gasteiger partial charge in [0.15, 0.2) is 0 Å². The van der Waals surface area contributed by atoms with Gasteiger partial charge in [-0.05, 0) is 53.8 Å². The van der Waals surface area contributed by atoms with Crippen LogP contribution in [-0.4, -0.2) is 17.8 Å². The molecule has 0 saturated heterocycles. The number of rotatable bonds is 3. The molecular weight excluding hydrogens is 328 g/mol. The van der Waals surface area contributed by atoms with Gasteiger partial charge in [0, 0.05) is 17.3 Å². The molecule has 0 amide bonds. The molecule has 2 aromatic rings. The van der Waals surface area contributed by atoms with Crippen molar-refractivity contribution in [3.8, 4) is 5.75 Å². The highest BCUT2D eigenvalue weighted by Crippen LogP contribution is 2.33. The van der Waals surface area contributed by atoms with Gasteiger partial charge in [-0.3, -0.25) is 0 Å². The van der Waals surface area contributed by atoms with E-state index in [1.807, 2.05) is 18.2 Å². The van der Waals surface area contributed by atoms with Gasteiger partial charge in [0.05, 0.1) is 12.7 Å². The van der Waals surface area contributed by atoms with Gasteiger partial charge in [-0.2, -0.15) is 0 Å².